The lowest BCUT2D eigenvalue weighted by molar-refractivity contribution is -0.151. The lowest BCUT2D eigenvalue weighted by Gasteiger charge is -2.43. The molecule has 25 heavy (non-hydrogen) atoms. The van der Waals surface area contributed by atoms with Crippen LogP contribution in [0.1, 0.15) is 48.6 Å². The Morgan fingerprint density at radius 3 is 2.56 bits per heavy atom. The highest BCUT2D eigenvalue weighted by Crippen LogP contribution is 2.45. The minimum Gasteiger partial charge on any atom is -0.375 e. The molecule has 1 fully saturated rings. The van der Waals surface area contributed by atoms with Gasteiger partial charge in [0.15, 0.2) is 0 Å². The molecule has 2 aliphatic rings. The maximum atomic E-state index is 14.4. The van der Waals surface area contributed by atoms with Crippen LogP contribution in [0.15, 0.2) is 36.4 Å². The minimum absolute atomic E-state index is 0.266. The van der Waals surface area contributed by atoms with Crippen molar-refractivity contribution < 1.29 is 18.3 Å². The molecule has 1 saturated heterocycles. The third kappa shape index (κ3) is 2.92. The number of halogens is 2. The maximum absolute atomic E-state index is 14.4. The fourth-order valence-electron chi connectivity index (χ4n) is 3.64. The fourth-order valence-corrected chi connectivity index (χ4v) is 3.64. The zero-order valence-corrected chi connectivity index (χ0v) is 14.3. The Bertz CT molecular complexity index is 793. The van der Waals surface area contributed by atoms with Gasteiger partial charge in [-0.25, -0.2) is 8.78 Å². The molecular formula is C20H21F2NO2. The van der Waals surface area contributed by atoms with Gasteiger partial charge in [-0.1, -0.05) is 32.0 Å². The van der Waals surface area contributed by atoms with Gasteiger partial charge in [-0.05, 0) is 23.6 Å². The molecule has 5 heteroatoms. The summed E-state index contributed by atoms with van der Waals surface area (Å²) in [5.41, 5.74) is 3.56. The average molecular weight is 345 g/mol. The summed E-state index contributed by atoms with van der Waals surface area (Å²) in [5, 5.41) is 3.37. The van der Waals surface area contributed by atoms with Crippen LogP contribution in [0.3, 0.4) is 0 Å². The van der Waals surface area contributed by atoms with Crippen LogP contribution in [-0.2, 0) is 9.47 Å². The molecule has 132 valence electrons. The topological polar surface area (TPSA) is 30.5 Å². The van der Waals surface area contributed by atoms with E-state index in [2.05, 4.69) is 31.3 Å². The molecule has 0 amide bonds. The predicted molar refractivity (Wildman–Crippen MR) is 91.7 cm³/mol. The zero-order valence-electron chi connectivity index (χ0n) is 14.3. The number of benzene rings is 2. The van der Waals surface area contributed by atoms with Crippen molar-refractivity contribution in [1.82, 2.24) is 0 Å². The monoisotopic (exact) mass is 345 g/mol. The van der Waals surface area contributed by atoms with Crippen LogP contribution in [0, 0.1) is 11.6 Å². The second-order valence-electron chi connectivity index (χ2n) is 6.92. The summed E-state index contributed by atoms with van der Waals surface area (Å²) < 4.78 is 39.6. The first-order valence-electron chi connectivity index (χ1n) is 8.63. The van der Waals surface area contributed by atoms with Crippen LogP contribution in [-0.4, -0.2) is 19.3 Å². The minimum atomic E-state index is -0.587. The van der Waals surface area contributed by atoms with E-state index in [0.717, 1.165) is 17.3 Å². The maximum Gasteiger partial charge on any atom is 0.131 e. The van der Waals surface area contributed by atoms with E-state index in [0.29, 0.717) is 24.7 Å². The van der Waals surface area contributed by atoms with E-state index in [-0.39, 0.29) is 12.2 Å². The molecule has 2 aromatic rings. The standard InChI is InChI=1S/C20H21F2NO2/c1-11(2)12-3-6-17-15(9-12)19-20(25-8-7-24-19)18(23-17)14-5-4-13(21)10-16(14)22/h3-6,9-11,18-20,23H,7-8H2,1-2H3. The third-order valence-electron chi connectivity index (χ3n) is 4.98. The third-order valence-corrected chi connectivity index (χ3v) is 4.98. The lowest BCUT2D eigenvalue weighted by atomic mass is 9.85. The molecule has 2 aromatic carbocycles. The molecule has 0 bridgehead atoms. The Hall–Kier alpha value is -1.98. The van der Waals surface area contributed by atoms with Gasteiger partial charge in [0, 0.05) is 22.9 Å². The van der Waals surface area contributed by atoms with Gasteiger partial charge in [0.2, 0.25) is 0 Å². The van der Waals surface area contributed by atoms with Gasteiger partial charge < -0.3 is 14.8 Å². The Morgan fingerprint density at radius 1 is 1.00 bits per heavy atom. The quantitative estimate of drug-likeness (QED) is 0.855. The second-order valence-corrected chi connectivity index (χ2v) is 6.92. The molecule has 2 heterocycles. The first kappa shape index (κ1) is 16.5. The molecule has 2 aliphatic heterocycles. The summed E-state index contributed by atoms with van der Waals surface area (Å²) in [6, 6.07) is 9.44. The smallest absolute Gasteiger partial charge is 0.131 e. The van der Waals surface area contributed by atoms with E-state index in [1.807, 2.05) is 6.07 Å². The predicted octanol–water partition coefficient (Wildman–Crippen LogP) is 4.71. The van der Waals surface area contributed by atoms with Gasteiger partial charge in [-0.15, -0.1) is 0 Å². The lowest BCUT2D eigenvalue weighted by Crippen LogP contribution is -2.43. The van der Waals surface area contributed by atoms with E-state index >= 15 is 0 Å². The molecule has 3 unspecified atom stereocenters. The summed E-state index contributed by atoms with van der Waals surface area (Å²) in [7, 11) is 0. The van der Waals surface area contributed by atoms with E-state index in [1.54, 1.807) is 0 Å². The van der Waals surface area contributed by atoms with Crippen molar-refractivity contribution in [1.29, 1.82) is 0 Å². The highest BCUT2D eigenvalue weighted by molar-refractivity contribution is 5.59. The number of rotatable bonds is 2. The van der Waals surface area contributed by atoms with E-state index in [9.17, 15) is 8.78 Å². The van der Waals surface area contributed by atoms with Crippen LogP contribution < -0.4 is 5.32 Å². The molecule has 3 nitrogen and oxygen atoms in total. The van der Waals surface area contributed by atoms with Crippen molar-refractivity contribution in [2.75, 3.05) is 18.5 Å². The number of anilines is 1. The molecule has 0 saturated carbocycles. The van der Waals surface area contributed by atoms with Gasteiger partial charge in [0.1, 0.15) is 23.8 Å². The van der Waals surface area contributed by atoms with Gasteiger partial charge >= 0.3 is 0 Å². The normalized spacial score (nSPS) is 25.2. The molecule has 0 spiro atoms. The Labute approximate surface area is 146 Å². The Morgan fingerprint density at radius 2 is 1.80 bits per heavy atom. The SMILES string of the molecule is CC(C)c1ccc2c(c1)C1OCCOC1C(c1ccc(F)cc1F)N2. The summed E-state index contributed by atoms with van der Waals surface area (Å²) in [6.45, 7) is 5.25. The second kappa shape index (κ2) is 6.39. The first-order chi connectivity index (χ1) is 12.0. The van der Waals surface area contributed by atoms with E-state index < -0.39 is 17.7 Å². The zero-order chi connectivity index (χ0) is 17.6. The van der Waals surface area contributed by atoms with E-state index in [4.69, 9.17) is 9.47 Å². The summed E-state index contributed by atoms with van der Waals surface area (Å²) in [5.74, 6) is -0.760. The van der Waals surface area contributed by atoms with Crippen LogP contribution in [0.5, 0.6) is 0 Å². The van der Waals surface area contributed by atoms with Crippen LogP contribution in [0.25, 0.3) is 0 Å². The van der Waals surface area contributed by atoms with Crippen molar-refractivity contribution in [3.05, 3.63) is 64.7 Å². The summed E-state index contributed by atoms with van der Waals surface area (Å²) in [6.07, 6.45) is -0.623. The van der Waals surface area contributed by atoms with E-state index in [1.165, 1.54) is 17.7 Å². The number of hydrogen-bond donors (Lipinski definition) is 1. The fraction of sp³-hybridized carbons (Fsp3) is 0.400. The number of nitrogens with one attached hydrogen (secondary N) is 1. The van der Waals surface area contributed by atoms with Crippen LogP contribution in [0.4, 0.5) is 14.5 Å². The highest BCUT2D eigenvalue weighted by atomic mass is 19.1. The molecule has 4 rings (SSSR count). The van der Waals surface area contributed by atoms with Gasteiger partial charge in [0.25, 0.3) is 0 Å². The largest absolute Gasteiger partial charge is 0.375 e. The number of fused-ring (bicyclic) bond motifs is 3. The Kier molecular flexibility index (Phi) is 4.21. The molecule has 3 atom stereocenters. The van der Waals surface area contributed by atoms with Crippen molar-refractivity contribution in [3.63, 3.8) is 0 Å². The molecule has 0 aliphatic carbocycles. The number of ether oxygens (including phenoxy) is 2. The van der Waals surface area contributed by atoms with Crippen LogP contribution in [0.2, 0.25) is 0 Å². The van der Waals surface area contributed by atoms with Gasteiger partial charge in [0.05, 0.1) is 19.3 Å². The van der Waals surface area contributed by atoms with Crippen molar-refractivity contribution in [2.24, 2.45) is 0 Å². The molecule has 0 radical (unpaired) electrons. The highest BCUT2D eigenvalue weighted by Gasteiger charge is 2.42. The molecule has 1 N–H and O–H groups in total. The van der Waals surface area contributed by atoms with Gasteiger partial charge in [-0.3, -0.25) is 0 Å². The van der Waals surface area contributed by atoms with Crippen molar-refractivity contribution in [3.8, 4) is 0 Å². The van der Waals surface area contributed by atoms with Crippen LogP contribution >= 0.6 is 0 Å². The van der Waals surface area contributed by atoms with Crippen molar-refractivity contribution in [2.45, 2.75) is 38.0 Å². The summed E-state index contributed by atoms with van der Waals surface area (Å²) >= 11 is 0. The Balaban J connectivity index is 1.78. The average Bonchev–Trinajstić information content (AvgIpc) is 2.61. The molecule has 0 aromatic heterocycles. The summed E-state index contributed by atoms with van der Waals surface area (Å²) in [4.78, 5) is 0. The molecular weight excluding hydrogens is 324 g/mol. The van der Waals surface area contributed by atoms with Crippen molar-refractivity contribution >= 4 is 5.69 Å². The van der Waals surface area contributed by atoms with Gasteiger partial charge in [-0.2, -0.15) is 0 Å². The first-order valence-corrected chi connectivity index (χ1v) is 8.63. The number of hydrogen-bond acceptors (Lipinski definition) is 3.